The Balaban J connectivity index is 2.67. The summed E-state index contributed by atoms with van der Waals surface area (Å²) in [5.74, 6) is 0.0949. The molecule has 2 N–H and O–H groups in total. The number of nitrogen functional groups attached to an aromatic ring is 1. The molecule has 0 bridgehead atoms. The molecular weight excluding hydrogens is 238 g/mol. The van der Waals surface area contributed by atoms with Crippen LogP contribution < -0.4 is 10.6 Å². The van der Waals surface area contributed by atoms with E-state index in [1.807, 2.05) is 11.9 Å². The number of halogens is 1. The Hall–Kier alpha value is -1.42. The summed E-state index contributed by atoms with van der Waals surface area (Å²) in [5.41, 5.74) is 7.37. The lowest BCUT2D eigenvalue weighted by atomic mass is 10.2. The van der Waals surface area contributed by atoms with Crippen LogP contribution in [0.3, 0.4) is 0 Å². The predicted octanol–water partition coefficient (Wildman–Crippen LogP) is 1.84. The van der Waals surface area contributed by atoms with Crippen molar-refractivity contribution in [3.05, 3.63) is 23.2 Å². The van der Waals surface area contributed by atoms with Crippen molar-refractivity contribution < 1.29 is 4.79 Å². The lowest BCUT2D eigenvalue weighted by molar-refractivity contribution is -0.128. The van der Waals surface area contributed by atoms with E-state index in [1.165, 1.54) is 0 Å². The van der Waals surface area contributed by atoms with Gasteiger partial charge < -0.3 is 15.5 Å². The monoisotopic (exact) mass is 255 g/mol. The fourth-order valence-electron chi connectivity index (χ4n) is 1.45. The summed E-state index contributed by atoms with van der Waals surface area (Å²) in [6, 6.07) is 5.32. The van der Waals surface area contributed by atoms with E-state index in [1.54, 1.807) is 37.2 Å². The molecule has 94 valence electrons. The van der Waals surface area contributed by atoms with E-state index in [-0.39, 0.29) is 5.91 Å². The molecule has 5 heteroatoms. The van der Waals surface area contributed by atoms with Crippen LogP contribution in [0.5, 0.6) is 0 Å². The molecule has 0 spiro atoms. The predicted molar refractivity (Wildman–Crippen MR) is 72.4 cm³/mol. The maximum absolute atomic E-state index is 11.5. The number of nitrogens with zero attached hydrogens (tertiary/aromatic N) is 2. The minimum absolute atomic E-state index is 0.0949. The van der Waals surface area contributed by atoms with Gasteiger partial charge in [-0.2, -0.15) is 0 Å². The summed E-state index contributed by atoms with van der Waals surface area (Å²) in [4.78, 5) is 15.0. The van der Waals surface area contributed by atoms with E-state index in [0.29, 0.717) is 23.7 Å². The van der Waals surface area contributed by atoms with Gasteiger partial charge in [-0.3, -0.25) is 4.79 Å². The van der Waals surface area contributed by atoms with E-state index < -0.39 is 0 Å². The van der Waals surface area contributed by atoms with E-state index in [0.717, 1.165) is 5.69 Å². The molecule has 0 radical (unpaired) electrons. The molecule has 0 aliphatic heterocycles. The van der Waals surface area contributed by atoms with Crippen molar-refractivity contribution in [2.24, 2.45) is 0 Å². The molecule has 0 aromatic heterocycles. The minimum Gasteiger partial charge on any atom is -0.397 e. The quantitative estimate of drug-likeness (QED) is 0.836. The minimum atomic E-state index is 0.0949. The summed E-state index contributed by atoms with van der Waals surface area (Å²) in [6.45, 7) is 0.613. The Morgan fingerprint density at radius 3 is 2.59 bits per heavy atom. The van der Waals surface area contributed by atoms with Crippen LogP contribution in [0.15, 0.2) is 18.2 Å². The normalized spacial score (nSPS) is 10.1. The molecule has 4 nitrogen and oxygen atoms in total. The highest BCUT2D eigenvalue weighted by molar-refractivity contribution is 6.31. The zero-order valence-electron chi connectivity index (χ0n) is 10.4. The van der Waals surface area contributed by atoms with Crippen molar-refractivity contribution in [2.45, 2.75) is 6.42 Å². The first-order valence-electron chi connectivity index (χ1n) is 5.38. The molecule has 0 heterocycles. The van der Waals surface area contributed by atoms with Crippen molar-refractivity contribution >= 4 is 28.9 Å². The Kier molecular flexibility index (Phi) is 4.63. The van der Waals surface area contributed by atoms with Gasteiger partial charge in [-0.25, -0.2) is 0 Å². The molecule has 1 amide bonds. The zero-order valence-corrected chi connectivity index (χ0v) is 11.2. The highest BCUT2D eigenvalue weighted by atomic mass is 35.5. The first-order chi connectivity index (χ1) is 7.91. The number of hydrogen-bond donors (Lipinski definition) is 1. The van der Waals surface area contributed by atoms with Crippen LogP contribution in [0.2, 0.25) is 5.02 Å². The molecule has 0 fully saturated rings. The van der Waals surface area contributed by atoms with E-state index >= 15 is 0 Å². The molecule has 1 aromatic carbocycles. The van der Waals surface area contributed by atoms with E-state index in [4.69, 9.17) is 17.3 Å². The van der Waals surface area contributed by atoms with Gasteiger partial charge in [0, 0.05) is 39.1 Å². The van der Waals surface area contributed by atoms with Gasteiger partial charge in [0.05, 0.1) is 11.4 Å². The van der Waals surface area contributed by atoms with Crippen LogP contribution >= 0.6 is 11.6 Å². The van der Waals surface area contributed by atoms with Crippen molar-refractivity contribution in [1.29, 1.82) is 0 Å². The third-order valence-corrected chi connectivity index (χ3v) is 2.80. The van der Waals surface area contributed by atoms with Crippen molar-refractivity contribution in [2.75, 3.05) is 38.3 Å². The average Bonchev–Trinajstić information content (AvgIpc) is 2.28. The second-order valence-corrected chi connectivity index (χ2v) is 4.60. The molecule has 17 heavy (non-hydrogen) atoms. The smallest absolute Gasteiger partial charge is 0.223 e. The number of rotatable bonds is 4. The summed E-state index contributed by atoms with van der Waals surface area (Å²) in [5, 5.41) is 0.639. The number of carbonyl (C=O) groups excluding carboxylic acids is 1. The summed E-state index contributed by atoms with van der Waals surface area (Å²) < 4.78 is 0. The summed E-state index contributed by atoms with van der Waals surface area (Å²) >= 11 is 5.92. The first-order valence-corrected chi connectivity index (χ1v) is 5.76. The number of nitrogens with two attached hydrogens (primary N) is 1. The van der Waals surface area contributed by atoms with Crippen LogP contribution in [0.1, 0.15) is 6.42 Å². The lowest BCUT2D eigenvalue weighted by Crippen LogP contribution is -2.28. The third-order valence-electron chi connectivity index (χ3n) is 2.56. The SMILES string of the molecule is CN(C)C(=O)CCN(C)c1cc(Cl)ccc1N. The van der Waals surface area contributed by atoms with Gasteiger partial charge in [-0.05, 0) is 18.2 Å². The largest absolute Gasteiger partial charge is 0.397 e. The number of amides is 1. The molecule has 1 aromatic rings. The molecular formula is C12H18ClN3O. The number of benzene rings is 1. The van der Waals surface area contributed by atoms with Gasteiger partial charge in [0.15, 0.2) is 0 Å². The number of carbonyl (C=O) groups is 1. The highest BCUT2D eigenvalue weighted by Gasteiger charge is 2.09. The Bertz CT molecular complexity index is 407. The average molecular weight is 256 g/mol. The van der Waals surface area contributed by atoms with Gasteiger partial charge in [-0.15, -0.1) is 0 Å². The number of anilines is 2. The first kappa shape index (κ1) is 13.6. The maximum atomic E-state index is 11.5. The van der Waals surface area contributed by atoms with Crippen LogP contribution in [0, 0.1) is 0 Å². The van der Waals surface area contributed by atoms with Crippen LogP contribution in [-0.4, -0.2) is 38.5 Å². The Morgan fingerprint density at radius 1 is 1.35 bits per heavy atom. The van der Waals surface area contributed by atoms with Crippen molar-refractivity contribution in [1.82, 2.24) is 4.90 Å². The Morgan fingerprint density at radius 2 is 2.00 bits per heavy atom. The van der Waals surface area contributed by atoms with Crippen LogP contribution in [0.4, 0.5) is 11.4 Å². The van der Waals surface area contributed by atoms with Gasteiger partial charge in [-0.1, -0.05) is 11.6 Å². The maximum Gasteiger partial charge on any atom is 0.223 e. The Labute approximate surface area is 107 Å². The van der Waals surface area contributed by atoms with Gasteiger partial charge in [0.25, 0.3) is 0 Å². The molecule has 0 atom stereocenters. The lowest BCUT2D eigenvalue weighted by Gasteiger charge is -2.22. The fraction of sp³-hybridized carbons (Fsp3) is 0.417. The van der Waals surface area contributed by atoms with Crippen LogP contribution in [0.25, 0.3) is 0 Å². The van der Waals surface area contributed by atoms with Gasteiger partial charge in [0.2, 0.25) is 5.91 Å². The highest BCUT2D eigenvalue weighted by Crippen LogP contribution is 2.25. The summed E-state index contributed by atoms with van der Waals surface area (Å²) in [7, 11) is 5.39. The van der Waals surface area contributed by atoms with Gasteiger partial charge in [0.1, 0.15) is 0 Å². The third kappa shape index (κ3) is 3.82. The van der Waals surface area contributed by atoms with E-state index in [9.17, 15) is 4.79 Å². The standard InChI is InChI=1S/C12H18ClN3O/c1-15(2)12(17)6-7-16(3)11-8-9(13)4-5-10(11)14/h4-5,8H,6-7,14H2,1-3H3. The zero-order chi connectivity index (χ0) is 13.0. The molecule has 0 aliphatic carbocycles. The van der Waals surface area contributed by atoms with E-state index in [2.05, 4.69) is 0 Å². The van der Waals surface area contributed by atoms with Crippen LogP contribution in [-0.2, 0) is 4.79 Å². The van der Waals surface area contributed by atoms with Crippen molar-refractivity contribution in [3.8, 4) is 0 Å². The topological polar surface area (TPSA) is 49.6 Å². The molecule has 0 saturated carbocycles. The molecule has 0 aliphatic rings. The van der Waals surface area contributed by atoms with Crippen molar-refractivity contribution in [3.63, 3.8) is 0 Å². The molecule has 0 unspecified atom stereocenters. The fourth-order valence-corrected chi connectivity index (χ4v) is 1.62. The van der Waals surface area contributed by atoms with Gasteiger partial charge >= 0.3 is 0 Å². The summed E-state index contributed by atoms with van der Waals surface area (Å²) in [6.07, 6.45) is 0.454. The second-order valence-electron chi connectivity index (χ2n) is 4.16. The second kappa shape index (κ2) is 5.77. The number of hydrogen-bond acceptors (Lipinski definition) is 3. The molecule has 0 saturated heterocycles. The molecule has 1 rings (SSSR count).